The number of hydrogen-bond donors (Lipinski definition) is 1. The Morgan fingerprint density at radius 2 is 1.96 bits per heavy atom. The standard InChI is InChI=1S/C20H25ClN2O4/c1-6-7-15-17(20(25)27-5)12(2)22-18(15)19(24)23(3)11-13-10-14(21)8-9-16(13)26-4/h8-10,22H,6-7,11H2,1-5H3. The van der Waals surface area contributed by atoms with Gasteiger partial charge in [-0.05, 0) is 37.1 Å². The van der Waals surface area contributed by atoms with Crippen LogP contribution in [0.15, 0.2) is 18.2 Å². The molecule has 0 bridgehead atoms. The Morgan fingerprint density at radius 3 is 2.56 bits per heavy atom. The maximum absolute atomic E-state index is 13.1. The molecule has 1 aromatic carbocycles. The minimum Gasteiger partial charge on any atom is -0.496 e. The minimum atomic E-state index is -0.439. The van der Waals surface area contributed by atoms with E-state index in [0.29, 0.717) is 46.3 Å². The molecule has 0 aliphatic rings. The minimum absolute atomic E-state index is 0.210. The number of halogens is 1. The molecule has 0 fully saturated rings. The van der Waals surface area contributed by atoms with Crippen LogP contribution in [0.2, 0.25) is 5.02 Å². The van der Waals surface area contributed by atoms with Crippen molar-refractivity contribution in [3.05, 3.63) is 51.3 Å². The molecule has 2 aromatic rings. The molecule has 27 heavy (non-hydrogen) atoms. The highest BCUT2D eigenvalue weighted by atomic mass is 35.5. The van der Waals surface area contributed by atoms with Gasteiger partial charge in [-0.3, -0.25) is 4.79 Å². The number of aryl methyl sites for hydroxylation is 1. The van der Waals surface area contributed by atoms with Gasteiger partial charge in [0.2, 0.25) is 0 Å². The van der Waals surface area contributed by atoms with E-state index in [1.165, 1.54) is 7.11 Å². The highest BCUT2D eigenvalue weighted by molar-refractivity contribution is 6.30. The van der Waals surface area contributed by atoms with Gasteiger partial charge in [0.25, 0.3) is 5.91 Å². The van der Waals surface area contributed by atoms with Gasteiger partial charge in [-0.25, -0.2) is 4.79 Å². The van der Waals surface area contributed by atoms with E-state index < -0.39 is 5.97 Å². The summed E-state index contributed by atoms with van der Waals surface area (Å²) in [5.74, 6) is 0.00916. The second kappa shape index (κ2) is 8.95. The van der Waals surface area contributed by atoms with Crippen molar-refractivity contribution in [2.24, 2.45) is 0 Å². The number of nitrogens with one attached hydrogen (secondary N) is 1. The average molecular weight is 393 g/mol. The number of aromatic amines is 1. The number of nitrogens with zero attached hydrogens (tertiary/aromatic N) is 1. The molecule has 0 radical (unpaired) electrons. The molecule has 0 saturated carbocycles. The van der Waals surface area contributed by atoms with E-state index >= 15 is 0 Å². The summed E-state index contributed by atoms with van der Waals surface area (Å²) < 4.78 is 10.2. The van der Waals surface area contributed by atoms with Crippen molar-refractivity contribution < 1.29 is 19.1 Å². The summed E-state index contributed by atoms with van der Waals surface area (Å²) in [7, 11) is 4.61. The monoisotopic (exact) mass is 392 g/mol. The van der Waals surface area contributed by atoms with Crippen molar-refractivity contribution >= 4 is 23.5 Å². The molecule has 1 heterocycles. The van der Waals surface area contributed by atoms with Crippen LogP contribution in [0, 0.1) is 6.92 Å². The fraction of sp³-hybridized carbons (Fsp3) is 0.400. The number of hydrogen-bond acceptors (Lipinski definition) is 4. The Labute approximate surface area is 164 Å². The number of benzene rings is 1. The molecule has 0 aliphatic heterocycles. The Kier molecular flexibility index (Phi) is 6.91. The van der Waals surface area contributed by atoms with Gasteiger partial charge in [0, 0.05) is 29.9 Å². The lowest BCUT2D eigenvalue weighted by Gasteiger charge is -2.19. The van der Waals surface area contributed by atoms with Crippen LogP contribution >= 0.6 is 11.6 Å². The van der Waals surface area contributed by atoms with E-state index in [0.717, 1.165) is 12.0 Å². The van der Waals surface area contributed by atoms with Crippen LogP contribution in [-0.2, 0) is 17.7 Å². The Morgan fingerprint density at radius 1 is 1.26 bits per heavy atom. The summed E-state index contributed by atoms with van der Waals surface area (Å²) >= 11 is 6.08. The number of amides is 1. The summed E-state index contributed by atoms with van der Waals surface area (Å²) in [6, 6.07) is 5.28. The molecule has 7 heteroatoms. The number of carbonyl (C=O) groups excluding carboxylic acids is 2. The lowest BCUT2D eigenvalue weighted by atomic mass is 10.0. The fourth-order valence-electron chi connectivity index (χ4n) is 3.13. The summed E-state index contributed by atoms with van der Waals surface area (Å²) in [5, 5.41) is 0.571. The highest BCUT2D eigenvalue weighted by Gasteiger charge is 2.26. The van der Waals surface area contributed by atoms with Crippen molar-refractivity contribution in [2.75, 3.05) is 21.3 Å². The molecule has 2 rings (SSSR count). The molecule has 1 aromatic heterocycles. The lowest BCUT2D eigenvalue weighted by molar-refractivity contribution is 0.0599. The molecule has 0 saturated heterocycles. The van der Waals surface area contributed by atoms with E-state index in [1.807, 2.05) is 6.92 Å². The fourth-order valence-corrected chi connectivity index (χ4v) is 3.32. The zero-order valence-corrected chi connectivity index (χ0v) is 17.1. The zero-order chi connectivity index (χ0) is 20.1. The lowest BCUT2D eigenvalue weighted by Crippen LogP contribution is -2.27. The Bertz CT molecular complexity index is 845. The SMILES string of the molecule is CCCc1c(C(=O)N(C)Cc2cc(Cl)ccc2OC)[nH]c(C)c1C(=O)OC. The van der Waals surface area contributed by atoms with Gasteiger partial charge in [-0.15, -0.1) is 0 Å². The van der Waals surface area contributed by atoms with E-state index in [1.54, 1.807) is 44.2 Å². The van der Waals surface area contributed by atoms with E-state index in [2.05, 4.69) is 4.98 Å². The smallest absolute Gasteiger partial charge is 0.339 e. The van der Waals surface area contributed by atoms with Crippen molar-refractivity contribution in [3.8, 4) is 5.75 Å². The predicted octanol–water partition coefficient (Wildman–Crippen LogP) is 4.00. The quantitative estimate of drug-likeness (QED) is 0.723. The molecule has 0 spiro atoms. The summed E-state index contributed by atoms with van der Waals surface area (Å²) in [5.41, 5.74) is 2.98. The van der Waals surface area contributed by atoms with Crippen LogP contribution in [0.3, 0.4) is 0 Å². The van der Waals surface area contributed by atoms with Crippen molar-refractivity contribution in [1.82, 2.24) is 9.88 Å². The maximum Gasteiger partial charge on any atom is 0.339 e. The maximum atomic E-state index is 13.1. The summed E-state index contributed by atoms with van der Waals surface area (Å²) in [4.78, 5) is 29.9. The topological polar surface area (TPSA) is 71.6 Å². The van der Waals surface area contributed by atoms with E-state index in [9.17, 15) is 9.59 Å². The Hall–Kier alpha value is -2.47. The number of methoxy groups -OCH3 is 2. The molecular formula is C20H25ClN2O4. The van der Waals surface area contributed by atoms with E-state index in [-0.39, 0.29) is 5.91 Å². The highest BCUT2D eigenvalue weighted by Crippen LogP contribution is 2.26. The molecular weight excluding hydrogens is 368 g/mol. The number of carbonyl (C=O) groups is 2. The number of H-pyrrole nitrogens is 1. The zero-order valence-electron chi connectivity index (χ0n) is 16.3. The summed E-state index contributed by atoms with van der Waals surface area (Å²) in [6.45, 7) is 4.08. The molecule has 0 unspecified atom stereocenters. The number of ether oxygens (including phenoxy) is 2. The van der Waals surface area contributed by atoms with Crippen LogP contribution in [0.1, 0.15) is 51.0 Å². The number of esters is 1. The first-order valence-electron chi connectivity index (χ1n) is 8.71. The van der Waals surface area contributed by atoms with Gasteiger partial charge >= 0.3 is 5.97 Å². The molecule has 6 nitrogen and oxygen atoms in total. The third kappa shape index (κ3) is 4.45. The van der Waals surface area contributed by atoms with Gasteiger partial charge in [0.15, 0.2) is 0 Å². The largest absolute Gasteiger partial charge is 0.496 e. The first kappa shape index (κ1) is 20.8. The summed E-state index contributed by atoms with van der Waals surface area (Å²) in [6.07, 6.45) is 1.40. The van der Waals surface area contributed by atoms with Gasteiger partial charge in [0.05, 0.1) is 19.8 Å². The first-order valence-corrected chi connectivity index (χ1v) is 9.09. The average Bonchev–Trinajstić information content (AvgIpc) is 2.97. The van der Waals surface area contributed by atoms with Gasteiger partial charge < -0.3 is 19.4 Å². The second-order valence-electron chi connectivity index (χ2n) is 6.34. The van der Waals surface area contributed by atoms with Crippen LogP contribution < -0.4 is 4.74 Å². The molecule has 1 N–H and O–H groups in total. The molecule has 0 aliphatic carbocycles. The van der Waals surface area contributed by atoms with Crippen LogP contribution in [-0.4, -0.2) is 43.0 Å². The first-order chi connectivity index (χ1) is 12.8. The van der Waals surface area contributed by atoms with Crippen molar-refractivity contribution in [1.29, 1.82) is 0 Å². The van der Waals surface area contributed by atoms with Gasteiger partial charge in [-0.2, -0.15) is 0 Å². The van der Waals surface area contributed by atoms with Crippen molar-refractivity contribution in [2.45, 2.75) is 33.2 Å². The second-order valence-corrected chi connectivity index (χ2v) is 6.77. The number of aromatic nitrogens is 1. The van der Waals surface area contributed by atoms with Crippen LogP contribution in [0.5, 0.6) is 5.75 Å². The van der Waals surface area contributed by atoms with Crippen LogP contribution in [0.4, 0.5) is 0 Å². The van der Waals surface area contributed by atoms with Gasteiger partial charge in [0.1, 0.15) is 11.4 Å². The van der Waals surface area contributed by atoms with Gasteiger partial charge in [-0.1, -0.05) is 24.9 Å². The van der Waals surface area contributed by atoms with Crippen molar-refractivity contribution in [3.63, 3.8) is 0 Å². The Balaban J connectivity index is 2.37. The predicted molar refractivity (Wildman–Crippen MR) is 105 cm³/mol. The van der Waals surface area contributed by atoms with Crippen LogP contribution in [0.25, 0.3) is 0 Å². The molecule has 146 valence electrons. The third-order valence-electron chi connectivity index (χ3n) is 4.39. The number of rotatable bonds is 7. The third-order valence-corrected chi connectivity index (χ3v) is 4.63. The molecule has 0 atom stereocenters. The van der Waals surface area contributed by atoms with E-state index in [4.69, 9.17) is 21.1 Å². The molecule has 1 amide bonds. The normalized spacial score (nSPS) is 10.6.